The molecule has 0 bridgehead atoms. The third-order valence-corrected chi connectivity index (χ3v) is 11.7. The Bertz CT molecular complexity index is 1750. The number of esters is 3. The van der Waals surface area contributed by atoms with Gasteiger partial charge in [-0.25, -0.2) is 0 Å². The van der Waals surface area contributed by atoms with E-state index in [1.165, 1.54) is 0 Å². The molecule has 0 spiro atoms. The number of hydrogen-bond donors (Lipinski definition) is 0. The van der Waals surface area contributed by atoms with E-state index in [2.05, 4.69) is 191 Å². The van der Waals surface area contributed by atoms with Crippen molar-refractivity contribution in [3.63, 3.8) is 0 Å². The Hall–Kier alpha value is -5.23. The van der Waals surface area contributed by atoms with Crippen LogP contribution >= 0.6 is 0 Å². The highest BCUT2D eigenvalue weighted by molar-refractivity contribution is 5.71. The Morgan fingerprint density at radius 3 is 0.760 bits per heavy atom. The van der Waals surface area contributed by atoms with Gasteiger partial charge in [-0.1, -0.05) is 229 Å². The maximum absolute atomic E-state index is 12.9. The normalized spacial score (nSPS) is 13.4. The second-order valence-corrected chi connectivity index (χ2v) is 18.8. The van der Waals surface area contributed by atoms with Crippen LogP contribution in [0, 0.1) is 0 Å². The molecule has 0 fully saturated rings. The monoisotopic (exact) mass is 1030 g/mol. The summed E-state index contributed by atoms with van der Waals surface area (Å²) < 4.78 is 16.8. The smallest absolute Gasteiger partial charge is 0.306 e. The standard InChI is InChI=1S/C69H106O6/c1-4-7-10-13-16-19-22-25-28-31-33-34-36-38-41-44-47-50-53-56-59-62-68(71)74-65-66(64-73-67(70)61-58-55-52-49-46-43-40-37-30-27-24-21-18-15-12-9-6-3)75-69(72)63-60-57-54-51-48-45-42-39-35-32-29-26-23-20-17-14-11-8-5-2/h7-12,16-21,25-30,33-35,38-41,43,45,48,66H,4-6,13-15,22-24,31-32,36-37,42,44,46-47,49-65H2,1-3H3/b10-7-,11-8-,12-9-,19-16-,20-17-,21-18-,28-25-,29-26-,30-27-,34-33-,39-35-,41-38-,43-40-,48-45-. The summed E-state index contributed by atoms with van der Waals surface area (Å²) in [5.74, 6) is -1.00. The molecular weight excluding hydrogens is 925 g/mol. The van der Waals surface area contributed by atoms with Gasteiger partial charge in [-0.3, -0.25) is 14.4 Å². The number of carbonyl (C=O) groups excluding carboxylic acids is 3. The zero-order chi connectivity index (χ0) is 54.3. The molecule has 0 aromatic rings. The Morgan fingerprint density at radius 1 is 0.267 bits per heavy atom. The van der Waals surface area contributed by atoms with Crippen molar-refractivity contribution in [3.8, 4) is 0 Å². The molecule has 0 saturated heterocycles. The number of ether oxygens (including phenoxy) is 3. The van der Waals surface area contributed by atoms with E-state index in [0.717, 1.165) is 180 Å². The Labute approximate surface area is 460 Å². The van der Waals surface area contributed by atoms with Gasteiger partial charge in [0.15, 0.2) is 6.10 Å². The summed E-state index contributed by atoms with van der Waals surface area (Å²) in [6, 6.07) is 0. The number of allylic oxidation sites excluding steroid dienone is 28. The van der Waals surface area contributed by atoms with Gasteiger partial charge >= 0.3 is 17.9 Å². The van der Waals surface area contributed by atoms with Gasteiger partial charge in [0.1, 0.15) is 13.2 Å². The van der Waals surface area contributed by atoms with E-state index >= 15 is 0 Å². The lowest BCUT2D eigenvalue weighted by Crippen LogP contribution is -2.30. The minimum atomic E-state index is -0.825. The first kappa shape index (κ1) is 69.8. The Kier molecular flexibility index (Phi) is 57.0. The zero-order valence-corrected chi connectivity index (χ0v) is 47.7. The van der Waals surface area contributed by atoms with E-state index < -0.39 is 6.10 Å². The van der Waals surface area contributed by atoms with E-state index in [9.17, 15) is 14.4 Å². The van der Waals surface area contributed by atoms with Gasteiger partial charge in [0.05, 0.1) is 0 Å². The molecule has 1 atom stereocenters. The van der Waals surface area contributed by atoms with Crippen molar-refractivity contribution in [2.75, 3.05) is 13.2 Å². The van der Waals surface area contributed by atoms with Gasteiger partial charge in [-0.15, -0.1) is 0 Å². The molecule has 0 amide bonds. The SMILES string of the molecule is CC/C=C\C/C=C\C/C=C\C/C=C\C/C=C\CCCCCCCC(=O)OCC(COC(=O)CCCCCC/C=C\C/C=C\C/C=C\C/C=C\CC)OC(=O)CCCCC/C=C\C/C=C\C/C=C\C/C=C\C/C=C\CC. The molecular formula is C69H106O6. The lowest BCUT2D eigenvalue weighted by atomic mass is 10.1. The van der Waals surface area contributed by atoms with E-state index in [4.69, 9.17) is 14.2 Å². The number of rotatable bonds is 51. The molecule has 0 aromatic heterocycles. The maximum Gasteiger partial charge on any atom is 0.306 e. The van der Waals surface area contributed by atoms with Crippen molar-refractivity contribution in [3.05, 3.63) is 170 Å². The molecule has 0 rings (SSSR count). The average molecular weight is 1030 g/mol. The van der Waals surface area contributed by atoms with Crippen molar-refractivity contribution in [1.29, 1.82) is 0 Å². The van der Waals surface area contributed by atoms with Gasteiger partial charge in [0, 0.05) is 19.3 Å². The highest BCUT2D eigenvalue weighted by Gasteiger charge is 2.19. The molecule has 6 heteroatoms. The Balaban J connectivity index is 4.57. The van der Waals surface area contributed by atoms with Crippen LogP contribution < -0.4 is 0 Å². The summed E-state index contributed by atoms with van der Waals surface area (Å²) in [7, 11) is 0. The van der Waals surface area contributed by atoms with Crippen LogP contribution in [0.2, 0.25) is 0 Å². The largest absolute Gasteiger partial charge is 0.462 e. The summed E-state index contributed by atoms with van der Waals surface area (Å²) in [6.07, 6.45) is 90.5. The Morgan fingerprint density at radius 2 is 0.480 bits per heavy atom. The van der Waals surface area contributed by atoms with Crippen LogP contribution in [0.3, 0.4) is 0 Å². The molecule has 6 nitrogen and oxygen atoms in total. The van der Waals surface area contributed by atoms with E-state index in [1.54, 1.807) is 0 Å². The van der Waals surface area contributed by atoms with Gasteiger partial charge in [-0.2, -0.15) is 0 Å². The molecule has 0 aliphatic carbocycles. The highest BCUT2D eigenvalue weighted by atomic mass is 16.6. The molecule has 0 aliphatic heterocycles. The van der Waals surface area contributed by atoms with Gasteiger partial charge in [-0.05, 0) is 148 Å². The van der Waals surface area contributed by atoms with Crippen molar-refractivity contribution >= 4 is 17.9 Å². The summed E-state index contributed by atoms with van der Waals surface area (Å²) in [5.41, 5.74) is 0. The number of hydrogen-bond acceptors (Lipinski definition) is 6. The molecule has 0 radical (unpaired) electrons. The third kappa shape index (κ3) is 59.5. The zero-order valence-electron chi connectivity index (χ0n) is 47.7. The lowest BCUT2D eigenvalue weighted by molar-refractivity contribution is -0.167. The van der Waals surface area contributed by atoms with Crippen LogP contribution in [0.4, 0.5) is 0 Å². The summed E-state index contributed by atoms with van der Waals surface area (Å²) >= 11 is 0. The predicted molar refractivity (Wildman–Crippen MR) is 325 cm³/mol. The van der Waals surface area contributed by atoms with Crippen molar-refractivity contribution in [1.82, 2.24) is 0 Å². The minimum absolute atomic E-state index is 0.119. The first-order chi connectivity index (χ1) is 37.0. The molecule has 418 valence electrons. The first-order valence-corrected chi connectivity index (χ1v) is 29.6. The van der Waals surface area contributed by atoms with Crippen LogP contribution in [-0.4, -0.2) is 37.2 Å². The third-order valence-electron chi connectivity index (χ3n) is 11.7. The highest BCUT2D eigenvalue weighted by Crippen LogP contribution is 2.12. The fourth-order valence-electron chi connectivity index (χ4n) is 7.37. The fourth-order valence-corrected chi connectivity index (χ4v) is 7.37. The van der Waals surface area contributed by atoms with Gasteiger partial charge in [0.2, 0.25) is 0 Å². The van der Waals surface area contributed by atoms with Gasteiger partial charge in [0.25, 0.3) is 0 Å². The van der Waals surface area contributed by atoms with Crippen LogP contribution in [0.1, 0.15) is 226 Å². The van der Waals surface area contributed by atoms with Crippen molar-refractivity contribution in [2.24, 2.45) is 0 Å². The molecule has 0 heterocycles. The average Bonchev–Trinajstić information content (AvgIpc) is 3.41. The van der Waals surface area contributed by atoms with Gasteiger partial charge < -0.3 is 14.2 Å². The molecule has 1 unspecified atom stereocenters. The fraction of sp³-hybridized carbons (Fsp3) is 0.551. The van der Waals surface area contributed by atoms with Crippen LogP contribution in [0.15, 0.2) is 170 Å². The van der Waals surface area contributed by atoms with E-state index in [1.807, 2.05) is 0 Å². The topological polar surface area (TPSA) is 78.9 Å². The molecule has 0 aromatic carbocycles. The molecule has 0 N–H and O–H groups in total. The quantitative estimate of drug-likeness (QED) is 0.0261. The number of unbranched alkanes of at least 4 members (excludes halogenated alkanes) is 12. The molecule has 75 heavy (non-hydrogen) atoms. The summed E-state index contributed by atoms with van der Waals surface area (Å²) in [5, 5.41) is 0. The maximum atomic E-state index is 12.9. The minimum Gasteiger partial charge on any atom is -0.462 e. The van der Waals surface area contributed by atoms with Crippen LogP contribution in [0.25, 0.3) is 0 Å². The summed E-state index contributed by atoms with van der Waals surface area (Å²) in [4.78, 5) is 38.3. The van der Waals surface area contributed by atoms with E-state index in [-0.39, 0.29) is 37.5 Å². The van der Waals surface area contributed by atoms with E-state index in [0.29, 0.717) is 19.3 Å². The van der Waals surface area contributed by atoms with Crippen molar-refractivity contribution in [2.45, 2.75) is 232 Å². The van der Waals surface area contributed by atoms with Crippen LogP contribution in [0.5, 0.6) is 0 Å². The second-order valence-electron chi connectivity index (χ2n) is 18.8. The summed E-state index contributed by atoms with van der Waals surface area (Å²) in [6.45, 7) is 6.22. The number of carbonyl (C=O) groups is 3. The van der Waals surface area contributed by atoms with Crippen LogP contribution in [-0.2, 0) is 28.6 Å². The molecule has 0 aliphatic rings. The first-order valence-electron chi connectivity index (χ1n) is 29.6. The van der Waals surface area contributed by atoms with Crippen molar-refractivity contribution < 1.29 is 28.6 Å². The second kappa shape index (κ2) is 61.3. The molecule has 0 saturated carbocycles. The predicted octanol–water partition coefficient (Wildman–Crippen LogP) is 20.3. The lowest BCUT2D eigenvalue weighted by Gasteiger charge is -2.18.